The van der Waals surface area contributed by atoms with E-state index in [9.17, 15) is 18.0 Å². The van der Waals surface area contributed by atoms with Crippen LogP contribution in [0.4, 0.5) is 18.9 Å². The molecule has 5 rings (SSSR count). The van der Waals surface area contributed by atoms with Gasteiger partial charge >= 0.3 is 6.18 Å². The van der Waals surface area contributed by atoms with E-state index in [4.69, 9.17) is 0 Å². The molecule has 0 saturated heterocycles. The second-order valence-corrected chi connectivity index (χ2v) is 7.17. The number of fused-ring (bicyclic) bond motifs is 1. The molecule has 0 spiro atoms. The molecule has 0 aliphatic rings. The number of nitrogens with zero attached hydrogens (tertiary/aromatic N) is 4. The zero-order valence-electron chi connectivity index (χ0n) is 16.8. The normalized spacial score (nSPS) is 11.6. The second kappa shape index (κ2) is 7.90. The van der Waals surface area contributed by atoms with Gasteiger partial charge in [0.05, 0.1) is 34.2 Å². The van der Waals surface area contributed by atoms with Crippen LogP contribution in [0.1, 0.15) is 16.1 Å². The highest BCUT2D eigenvalue weighted by Gasteiger charge is 2.34. The number of nitrogens with one attached hydrogen (secondary N) is 2. The van der Waals surface area contributed by atoms with Crippen molar-refractivity contribution < 1.29 is 18.0 Å². The van der Waals surface area contributed by atoms with Gasteiger partial charge in [-0.3, -0.25) is 4.79 Å². The maximum Gasteiger partial charge on any atom is 0.418 e. The zero-order chi connectivity index (χ0) is 23.0. The Bertz CT molecular complexity index is 1440. The molecule has 0 aliphatic heterocycles. The van der Waals surface area contributed by atoms with Crippen molar-refractivity contribution in [1.82, 2.24) is 25.0 Å². The molecular weight excluding hydrogens is 433 g/mol. The Kier molecular flexibility index (Phi) is 4.89. The monoisotopic (exact) mass is 448 g/mol. The number of carbonyl (C=O) groups is 1. The Labute approximate surface area is 184 Å². The number of amides is 1. The summed E-state index contributed by atoms with van der Waals surface area (Å²) < 4.78 is 40.9. The molecule has 5 aromatic rings. The van der Waals surface area contributed by atoms with Crippen LogP contribution in [0.25, 0.3) is 28.1 Å². The number of H-pyrrole nitrogens is 1. The van der Waals surface area contributed by atoms with Gasteiger partial charge in [0.15, 0.2) is 5.69 Å². The van der Waals surface area contributed by atoms with Crippen LogP contribution in [0, 0.1) is 0 Å². The third-order valence-corrected chi connectivity index (χ3v) is 5.00. The quantitative estimate of drug-likeness (QED) is 0.401. The maximum atomic E-state index is 13.3. The zero-order valence-corrected chi connectivity index (χ0v) is 16.8. The molecular formula is C23H15F3N6O. The molecule has 3 aromatic carbocycles. The van der Waals surface area contributed by atoms with E-state index in [0.29, 0.717) is 17.1 Å². The van der Waals surface area contributed by atoms with E-state index >= 15 is 0 Å². The molecule has 2 aromatic heterocycles. The first kappa shape index (κ1) is 20.4. The van der Waals surface area contributed by atoms with Crippen molar-refractivity contribution in [2.24, 2.45) is 0 Å². The summed E-state index contributed by atoms with van der Waals surface area (Å²) in [6.45, 7) is 0. The van der Waals surface area contributed by atoms with Gasteiger partial charge in [-0.05, 0) is 36.4 Å². The van der Waals surface area contributed by atoms with E-state index in [-0.39, 0.29) is 11.4 Å². The second-order valence-electron chi connectivity index (χ2n) is 7.17. The van der Waals surface area contributed by atoms with Crippen molar-refractivity contribution in [2.45, 2.75) is 6.18 Å². The van der Waals surface area contributed by atoms with E-state index in [1.807, 2.05) is 30.3 Å². The van der Waals surface area contributed by atoms with Crippen molar-refractivity contribution in [2.75, 3.05) is 5.32 Å². The first-order valence-electron chi connectivity index (χ1n) is 9.84. The minimum Gasteiger partial charge on any atom is -0.338 e. The molecule has 0 saturated carbocycles. The van der Waals surface area contributed by atoms with Crippen LogP contribution in [-0.4, -0.2) is 30.9 Å². The van der Waals surface area contributed by atoms with Crippen LogP contribution in [0.5, 0.6) is 0 Å². The smallest absolute Gasteiger partial charge is 0.338 e. The lowest BCUT2D eigenvalue weighted by Crippen LogP contribution is -2.13. The number of alkyl halides is 3. The summed E-state index contributed by atoms with van der Waals surface area (Å²) in [5, 5.41) is 10.2. The topological polar surface area (TPSA) is 88.5 Å². The number of carbonyl (C=O) groups excluding carboxylic acids is 1. The minimum absolute atomic E-state index is 0.133. The van der Waals surface area contributed by atoms with Crippen LogP contribution < -0.4 is 5.32 Å². The van der Waals surface area contributed by atoms with E-state index in [2.05, 4.69) is 25.6 Å². The van der Waals surface area contributed by atoms with Crippen LogP contribution in [0.2, 0.25) is 0 Å². The summed E-state index contributed by atoms with van der Waals surface area (Å²) in [6, 6.07) is 19.5. The van der Waals surface area contributed by atoms with Crippen molar-refractivity contribution in [3.8, 4) is 17.1 Å². The SMILES string of the molecule is O=C(Nc1ccccc1-c1nc2ccccc2[nH]1)c1cn(-c2ccccc2C(F)(F)F)nn1. The Morgan fingerprint density at radius 2 is 1.67 bits per heavy atom. The molecule has 0 aliphatic carbocycles. The summed E-state index contributed by atoms with van der Waals surface area (Å²) in [6.07, 6.45) is -3.42. The summed E-state index contributed by atoms with van der Waals surface area (Å²) in [7, 11) is 0. The summed E-state index contributed by atoms with van der Waals surface area (Å²) in [5.74, 6) is -0.0517. The maximum absolute atomic E-state index is 13.3. The molecule has 0 radical (unpaired) electrons. The van der Waals surface area contributed by atoms with E-state index in [1.54, 1.807) is 18.2 Å². The average Bonchev–Trinajstić information content (AvgIpc) is 3.46. The molecule has 0 fully saturated rings. The van der Waals surface area contributed by atoms with E-state index in [0.717, 1.165) is 28.0 Å². The fourth-order valence-corrected chi connectivity index (χ4v) is 3.46. The van der Waals surface area contributed by atoms with Gasteiger partial charge in [-0.2, -0.15) is 13.2 Å². The van der Waals surface area contributed by atoms with Gasteiger partial charge in [0, 0.05) is 5.56 Å². The van der Waals surface area contributed by atoms with Gasteiger partial charge in [0.25, 0.3) is 5.91 Å². The number of halogens is 3. The summed E-state index contributed by atoms with van der Waals surface area (Å²) in [5.41, 5.74) is 1.51. The number of anilines is 1. The van der Waals surface area contributed by atoms with Crippen molar-refractivity contribution >= 4 is 22.6 Å². The number of aromatic amines is 1. The highest BCUT2D eigenvalue weighted by atomic mass is 19.4. The van der Waals surface area contributed by atoms with Gasteiger partial charge < -0.3 is 10.3 Å². The van der Waals surface area contributed by atoms with Crippen LogP contribution in [-0.2, 0) is 6.18 Å². The Balaban J connectivity index is 1.44. The Morgan fingerprint density at radius 1 is 0.939 bits per heavy atom. The number of hydrogen-bond donors (Lipinski definition) is 2. The third kappa shape index (κ3) is 3.93. The average molecular weight is 448 g/mol. The molecule has 1 amide bonds. The van der Waals surface area contributed by atoms with Gasteiger partial charge in [-0.25, -0.2) is 9.67 Å². The Morgan fingerprint density at radius 3 is 2.48 bits per heavy atom. The molecule has 2 heterocycles. The molecule has 0 bridgehead atoms. The number of hydrogen-bond acceptors (Lipinski definition) is 4. The predicted molar refractivity (Wildman–Crippen MR) is 116 cm³/mol. The lowest BCUT2D eigenvalue weighted by Gasteiger charge is -2.11. The van der Waals surface area contributed by atoms with Gasteiger partial charge in [-0.1, -0.05) is 41.6 Å². The third-order valence-electron chi connectivity index (χ3n) is 5.00. The van der Waals surface area contributed by atoms with E-state index in [1.165, 1.54) is 18.2 Å². The lowest BCUT2D eigenvalue weighted by atomic mass is 10.1. The summed E-state index contributed by atoms with van der Waals surface area (Å²) >= 11 is 0. The number of imidazole rings is 1. The number of aromatic nitrogens is 5. The highest BCUT2D eigenvalue weighted by molar-refractivity contribution is 6.04. The first-order valence-corrected chi connectivity index (χ1v) is 9.84. The molecule has 0 atom stereocenters. The van der Waals surface area contributed by atoms with Crippen LogP contribution in [0.3, 0.4) is 0 Å². The number of para-hydroxylation sites is 4. The van der Waals surface area contributed by atoms with Crippen LogP contribution in [0.15, 0.2) is 79.0 Å². The molecule has 2 N–H and O–H groups in total. The lowest BCUT2D eigenvalue weighted by molar-refractivity contribution is -0.137. The van der Waals surface area contributed by atoms with Gasteiger partial charge in [-0.15, -0.1) is 5.10 Å². The Hall–Kier alpha value is -4.47. The molecule has 7 nitrogen and oxygen atoms in total. The molecule has 164 valence electrons. The molecule has 0 unspecified atom stereocenters. The van der Waals surface area contributed by atoms with Crippen molar-refractivity contribution in [1.29, 1.82) is 0 Å². The van der Waals surface area contributed by atoms with Crippen molar-refractivity contribution in [3.63, 3.8) is 0 Å². The predicted octanol–water partition coefficient (Wildman–Crippen LogP) is 5.08. The first-order chi connectivity index (χ1) is 15.9. The fourth-order valence-electron chi connectivity index (χ4n) is 3.46. The molecule has 10 heteroatoms. The number of benzene rings is 3. The fraction of sp³-hybridized carbons (Fsp3) is 0.0435. The summed E-state index contributed by atoms with van der Waals surface area (Å²) in [4.78, 5) is 20.6. The van der Waals surface area contributed by atoms with Crippen molar-refractivity contribution in [3.05, 3.63) is 90.3 Å². The highest BCUT2D eigenvalue weighted by Crippen LogP contribution is 2.33. The van der Waals surface area contributed by atoms with Crippen LogP contribution >= 0.6 is 0 Å². The van der Waals surface area contributed by atoms with Gasteiger partial charge in [0.2, 0.25) is 0 Å². The number of rotatable bonds is 4. The standard InChI is InChI=1S/C23H15F3N6O/c24-23(25,26)15-8-2-6-12-20(15)32-13-19(30-31-32)22(33)29-16-9-3-1-7-14(16)21-27-17-10-4-5-11-18(17)28-21/h1-13H,(H,27,28)(H,29,33). The van der Waals surface area contributed by atoms with E-state index < -0.39 is 17.6 Å². The molecule has 33 heavy (non-hydrogen) atoms. The van der Waals surface area contributed by atoms with Gasteiger partial charge in [0.1, 0.15) is 5.82 Å². The minimum atomic E-state index is -4.57. The largest absolute Gasteiger partial charge is 0.418 e.